The van der Waals surface area contributed by atoms with E-state index in [1.54, 1.807) is 23.1 Å². The second-order valence-electron chi connectivity index (χ2n) is 4.46. The van der Waals surface area contributed by atoms with Gasteiger partial charge in [-0.15, -0.1) is 10.2 Å². The summed E-state index contributed by atoms with van der Waals surface area (Å²) in [7, 11) is 0. The fourth-order valence-corrected chi connectivity index (χ4v) is 4.54. The molecule has 0 radical (unpaired) electrons. The summed E-state index contributed by atoms with van der Waals surface area (Å²) in [5.74, 6) is 1.13. The average molecular weight is 320 g/mol. The summed E-state index contributed by atoms with van der Waals surface area (Å²) in [6.45, 7) is 8.00. The highest BCUT2D eigenvalue weighted by molar-refractivity contribution is 8.03. The van der Waals surface area contributed by atoms with Crippen LogP contribution in [0.4, 0.5) is 0 Å². The van der Waals surface area contributed by atoms with Gasteiger partial charge in [0, 0.05) is 11.8 Å². The lowest BCUT2D eigenvalue weighted by Crippen LogP contribution is -2.35. The van der Waals surface area contributed by atoms with E-state index in [2.05, 4.69) is 22.4 Å². The third kappa shape index (κ3) is 6.63. The molecule has 0 aliphatic rings. The molecule has 108 valence electrons. The summed E-state index contributed by atoms with van der Waals surface area (Å²) in [6, 6.07) is 0.171. The van der Waals surface area contributed by atoms with Crippen molar-refractivity contribution in [1.82, 2.24) is 15.5 Å². The molecular weight excluding hydrogens is 298 g/mol. The van der Waals surface area contributed by atoms with E-state index in [1.807, 2.05) is 20.8 Å². The fraction of sp³-hybridized carbons (Fsp3) is 0.750. The van der Waals surface area contributed by atoms with Gasteiger partial charge in [0.05, 0.1) is 5.25 Å². The number of rotatable bonds is 8. The molecule has 1 amide bonds. The van der Waals surface area contributed by atoms with Crippen LogP contribution in [0.25, 0.3) is 0 Å². The Morgan fingerprint density at radius 3 is 2.63 bits per heavy atom. The van der Waals surface area contributed by atoms with Gasteiger partial charge < -0.3 is 5.32 Å². The summed E-state index contributed by atoms with van der Waals surface area (Å²) in [5.41, 5.74) is 0. The molecule has 0 aliphatic heterocycles. The van der Waals surface area contributed by atoms with Crippen molar-refractivity contribution in [3.8, 4) is 0 Å². The van der Waals surface area contributed by atoms with Crippen molar-refractivity contribution in [2.75, 3.05) is 5.75 Å². The highest BCUT2D eigenvalue weighted by Crippen LogP contribution is 2.31. The SMILES string of the molecule is CCCCSc1nnc(SC(C)C(=O)NC(C)C)s1. The number of amides is 1. The largest absolute Gasteiger partial charge is 0.353 e. The standard InChI is InChI=1S/C12H21N3OS3/c1-5-6-7-17-11-14-15-12(19-11)18-9(4)10(16)13-8(2)3/h8-9H,5-7H2,1-4H3,(H,13,16). The number of carbonyl (C=O) groups excluding carboxylic acids is 1. The van der Waals surface area contributed by atoms with E-state index in [0.717, 1.165) is 14.4 Å². The Bertz CT molecular complexity index is 395. The average Bonchev–Trinajstić information content (AvgIpc) is 2.76. The molecule has 1 heterocycles. The topological polar surface area (TPSA) is 54.9 Å². The van der Waals surface area contributed by atoms with Crippen molar-refractivity contribution >= 4 is 40.8 Å². The zero-order chi connectivity index (χ0) is 14.3. The zero-order valence-corrected chi connectivity index (χ0v) is 14.3. The first-order valence-corrected chi connectivity index (χ1v) is 9.14. The van der Waals surface area contributed by atoms with Crippen molar-refractivity contribution in [3.05, 3.63) is 0 Å². The number of nitrogens with one attached hydrogen (secondary N) is 1. The van der Waals surface area contributed by atoms with Gasteiger partial charge in [0.25, 0.3) is 0 Å². The molecule has 0 fully saturated rings. The van der Waals surface area contributed by atoms with Crippen LogP contribution in [0.5, 0.6) is 0 Å². The minimum atomic E-state index is -0.135. The normalized spacial score (nSPS) is 12.7. The van der Waals surface area contributed by atoms with Crippen LogP contribution >= 0.6 is 34.9 Å². The van der Waals surface area contributed by atoms with Gasteiger partial charge in [-0.05, 0) is 27.2 Å². The summed E-state index contributed by atoms with van der Waals surface area (Å²) in [6.07, 6.45) is 2.39. The van der Waals surface area contributed by atoms with E-state index in [4.69, 9.17) is 0 Å². The Hall–Kier alpha value is -0.270. The van der Waals surface area contributed by atoms with Gasteiger partial charge in [0.2, 0.25) is 5.91 Å². The number of aromatic nitrogens is 2. The van der Waals surface area contributed by atoms with Gasteiger partial charge in [0.15, 0.2) is 8.68 Å². The highest BCUT2D eigenvalue weighted by Gasteiger charge is 2.17. The predicted molar refractivity (Wildman–Crippen MR) is 84.1 cm³/mol. The first-order valence-electron chi connectivity index (χ1n) is 6.46. The van der Waals surface area contributed by atoms with Gasteiger partial charge >= 0.3 is 0 Å². The van der Waals surface area contributed by atoms with E-state index in [1.165, 1.54) is 24.6 Å². The minimum absolute atomic E-state index is 0.0513. The molecule has 1 unspecified atom stereocenters. The number of carbonyl (C=O) groups is 1. The molecule has 0 aromatic carbocycles. The van der Waals surface area contributed by atoms with Crippen LogP contribution in [-0.2, 0) is 4.79 Å². The first-order chi connectivity index (χ1) is 9.02. The smallest absolute Gasteiger partial charge is 0.233 e. The quantitative estimate of drug-likeness (QED) is 0.587. The van der Waals surface area contributed by atoms with Crippen molar-refractivity contribution in [2.45, 2.75) is 60.5 Å². The third-order valence-corrected chi connectivity index (χ3v) is 5.52. The highest BCUT2D eigenvalue weighted by atomic mass is 32.2. The number of nitrogens with zero attached hydrogens (tertiary/aromatic N) is 2. The van der Waals surface area contributed by atoms with Crippen molar-refractivity contribution < 1.29 is 4.79 Å². The van der Waals surface area contributed by atoms with Gasteiger partial charge in [-0.1, -0.05) is 48.2 Å². The molecule has 1 N–H and O–H groups in total. The monoisotopic (exact) mass is 319 g/mol. The molecule has 19 heavy (non-hydrogen) atoms. The molecule has 0 aliphatic carbocycles. The van der Waals surface area contributed by atoms with Gasteiger partial charge in [-0.2, -0.15) is 0 Å². The van der Waals surface area contributed by atoms with Crippen LogP contribution in [0.3, 0.4) is 0 Å². The summed E-state index contributed by atoms with van der Waals surface area (Å²) < 4.78 is 1.86. The Morgan fingerprint density at radius 2 is 2.00 bits per heavy atom. The second-order valence-corrected chi connectivity index (χ2v) is 8.37. The van der Waals surface area contributed by atoms with Crippen LogP contribution in [0.2, 0.25) is 0 Å². The first kappa shape index (κ1) is 16.8. The maximum Gasteiger partial charge on any atom is 0.233 e. The maximum atomic E-state index is 11.8. The maximum absolute atomic E-state index is 11.8. The lowest BCUT2D eigenvalue weighted by Gasteiger charge is -2.12. The molecule has 1 aromatic rings. The van der Waals surface area contributed by atoms with E-state index >= 15 is 0 Å². The van der Waals surface area contributed by atoms with Gasteiger partial charge in [-0.25, -0.2) is 0 Å². The van der Waals surface area contributed by atoms with Crippen LogP contribution < -0.4 is 5.32 Å². The van der Waals surface area contributed by atoms with Crippen LogP contribution in [0.1, 0.15) is 40.5 Å². The van der Waals surface area contributed by atoms with Crippen LogP contribution in [0.15, 0.2) is 8.68 Å². The molecule has 0 saturated carbocycles. The Morgan fingerprint density at radius 1 is 1.32 bits per heavy atom. The molecular formula is C12H21N3OS3. The van der Waals surface area contributed by atoms with Crippen molar-refractivity contribution in [3.63, 3.8) is 0 Å². The predicted octanol–water partition coefficient (Wildman–Crippen LogP) is 3.44. The second kappa shape index (κ2) is 8.81. The fourth-order valence-electron chi connectivity index (χ4n) is 1.21. The number of unbranched alkanes of at least 4 members (excludes halogenated alkanes) is 1. The van der Waals surface area contributed by atoms with Crippen molar-refractivity contribution in [2.24, 2.45) is 0 Å². The molecule has 4 nitrogen and oxygen atoms in total. The molecule has 0 bridgehead atoms. The molecule has 0 saturated heterocycles. The van der Waals surface area contributed by atoms with E-state index in [0.29, 0.717) is 0 Å². The minimum Gasteiger partial charge on any atom is -0.353 e. The number of hydrogen-bond acceptors (Lipinski definition) is 6. The lowest BCUT2D eigenvalue weighted by atomic mass is 10.3. The molecule has 7 heteroatoms. The van der Waals surface area contributed by atoms with Crippen LogP contribution in [-0.4, -0.2) is 33.1 Å². The summed E-state index contributed by atoms with van der Waals surface area (Å²) >= 11 is 4.79. The summed E-state index contributed by atoms with van der Waals surface area (Å²) in [4.78, 5) is 11.8. The molecule has 1 atom stereocenters. The van der Waals surface area contributed by atoms with E-state index < -0.39 is 0 Å². The number of hydrogen-bond donors (Lipinski definition) is 1. The molecule has 0 spiro atoms. The zero-order valence-electron chi connectivity index (χ0n) is 11.8. The molecule has 1 rings (SSSR count). The Kier molecular flexibility index (Phi) is 7.78. The summed E-state index contributed by atoms with van der Waals surface area (Å²) in [5, 5.41) is 11.0. The Labute approximate surface area is 127 Å². The third-order valence-electron chi connectivity index (χ3n) is 2.19. The van der Waals surface area contributed by atoms with Gasteiger partial charge in [0.1, 0.15) is 0 Å². The van der Waals surface area contributed by atoms with Gasteiger partial charge in [-0.3, -0.25) is 4.79 Å². The Balaban J connectivity index is 2.42. The van der Waals surface area contributed by atoms with E-state index in [9.17, 15) is 4.79 Å². The van der Waals surface area contributed by atoms with E-state index in [-0.39, 0.29) is 17.2 Å². The van der Waals surface area contributed by atoms with Crippen molar-refractivity contribution in [1.29, 1.82) is 0 Å². The lowest BCUT2D eigenvalue weighted by molar-refractivity contribution is -0.120. The number of thioether (sulfide) groups is 2. The van der Waals surface area contributed by atoms with Crippen LogP contribution in [0, 0.1) is 0 Å². The molecule has 1 aromatic heterocycles.